The van der Waals surface area contributed by atoms with Crippen molar-refractivity contribution in [1.29, 1.82) is 0 Å². The molecule has 4 nitrogen and oxygen atoms in total. The van der Waals surface area contributed by atoms with Crippen molar-refractivity contribution in [3.8, 4) is 5.75 Å². The molecule has 0 saturated heterocycles. The molecule has 1 N–H and O–H groups in total. The summed E-state index contributed by atoms with van der Waals surface area (Å²) in [6.45, 7) is 0. The van der Waals surface area contributed by atoms with E-state index >= 15 is 0 Å². The summed E-state index contributed by atoms with van der Waals surface area (Å²) in [6, 6.07) is 17.8. The molecule has 146 valence electrons. The van der Waals surface area contributed by atoms with Crippen LogP contribution in [0, 0.1) is 5.82 Å². The van der Waals surface area contributed by atoms with E-state index in [0.29, 0.717) is 16.5 Å². The molecule has 3 rings (SSSR count). The summed E-state index contributed by atoms with van der Waals surface area (Å²) in [5, 5.41) is 0.658. The maximum absolute atomic E-state index is 13.6. The van der Waals surface area contributed by atoms with E-state index in [-0.39, 0.29) is 10.6 Å². The molecule has 3 aromatic carbocycles. The highest BCUT2D eigenvalue weighted by molar-refractivity contribution is 7.98. The molecule has 0 bridgehead atoms. The summed E-state index contributed by atoms with van der Waals surface area (Å²) in [5.41, 5.74) is 1.46. The quantitative estimate of drug-likeness (QED) is 0.490. The molecule has 3 aromatic rings. The minimum Gasteiger partial charge on any atom is -0.495 e. The zero-order valence-electron chi connectivity index (χ0n) is 14.9. The monoisotopic (exact) mass is 437 g/mol. The number of benzene rings is 3. The second-order valence-electron chi connectivity index (χ2n) is 5.81. The highest BCUT2D eigenvalue weighted by atomic mass is 35.5. The number of thioether (sulfide) groups is 1. The van der Waals surface area contributed by atoms with Gasteiger partial charge in [-0.3, -0.25) is 4.72 Å². The van der Waals surface area contributed by atoms with Crippen molar-refractivity contribution in [2.75, 3.05) is 11.8 Å². The van der Waals surface area contributed by atoms with Gasteiger partial charge in [-0.05, 0) is 48.0 Å². The lowest BCUT2D eigenvalue weighted by Crippen LogP contribution is -2.15. The highest BCUT2D eigenvalue weighted by Gasteiger charge is 2.21. The number of anilines is 1. The Morgan fingerprint density at radius 3 is 2.50 bits per heavy atom. The molecule has 0 amide bonds. The molecule has 0 heterocycles. The zero-order valence-corrected chi connectivity index (χ0v) is 17.2. The van der Waals surface area contributed by atoms with E-state index in [0.717, 1.165) is 22.6 Å². The van der Waals surface area contributed by atoms with E-state index in [1.165, 1.54) is 24.9 Å². The number of hydrogen-bond donors (Lipinski definition) is 1. The Morgan fingerprint density at radius 2 is 1.79 bits per heavy atom. The minimum atomic E-state index is -4.04. The molecule has 28 heavy (non-hydrogen) atoms. The highest BCUT2D eigenvalue weighted by Crippen LogP contribution is 2.33. The Balaban J connectivity index is 1.84. The molecule has 8 heteroatoms. The van der Waals surface area contributed by atoms with Crippen molar-refractivity contribution >= 4 is 39.1 Å². The third-order valence-corrected chi connectivity index (χ3v) is 6.64. The Kier molecular flexibility index (Phi) is 6.49. The molecule has 0 unspecified atom stereocenters. The van der Waals surface area contributed by atoms with Crippen LogP contribution in [0.3, 0.4) is 0 Å². The first-order chi connectivity index (χ1) is 13.4. The first-order valence-corrected chi connectivity index (χ1v) is 11.1. The number of sulfonamides is 1. The first-order valence-electron chi connectivity index (χ1n) is 8.22. The maximum Gasteiger partial charge on any atom is 0.265 e. The normalized spacial score (nSPS) is 11.2. The van der Waals surface area contributed by atoms with Crippen molar-refractivity contribution in [1.82, 2.24) is 0 Å². The van der Waals surface area contributed by atoms with Crippen LogP contribution in [-0.4, -0.2) is 15.5 Å². The summed E-state index contributed by atoms with van der Waals surface area (Å²) in [4.78, 5) is 0.490. The summed E-state index contributed by atoms with van der Waals surface area (Å²) in [7, 11) is -2.70. The second kappa shape index (κ2) is 8.86. The second-order valence-corrected chi connectivity index (χ2v) is 8.92. The lowest BCUT2D eigenvalue weighted by molar-refractivity contribution is 0.401. The van der Waals surface area contributed by atoms with E-state index in [9.17, 15) is 12.8 Å². The van der Waals surface area contributed by atoms with Gasteiger partial charge in [-0.15, -0.1) is 11.8 Å². The van der Waals surface area contributed by atoms with E-state index < -0.39 is 15.8 Å². The third kappa shape index (κ3) is 4.98. The molecular formula is C20H17ClFNO3S2. The van der Waals surface area contributed by atoms with E-state index in [2.05, 4.69) is 4.72 Å². The van der Waals surface area contributed by atoms with Gasteiger partial charge in [-0.2, -0.15) is 0 Å². The standard InChI is InChI=1S/C20H17ClFNO3S2/c1-26-18-11-10-16(22)12-20(18)28(24,25)23-17-4-2-3-5-19(17)27-13-14-6-8-15(21)9-7-14/h2-12,23H,13H2,1H3. The molecule has 0 atom stereocenters. The van der Waals surface area contributed by atoms with E-state index in [1.807, 2.05) is 36.4 Å². The SMILES string of the molecule is COc1ccc(F)cc1S(=O)(=O)Nc1ccccc1SCc1ccc(Cl)cc1. The van der Waals surface area contributed by atoms with Crippen molar-refractivity contribution in [3.05, 3.63) is 83.1 Å². The molecule has 0 aliphatic rings. The molecule has 0 aliphatic carbocycles. The van der Waals surface area contributed by atoms with Crippen LogP contribution in [0.15, 0.2) is 76.5 Å². The molecule has 0 fully saturated rings. The summed E-state index contributed by atoms with van der Waals surface area (Å²) in [5.74, 6) is 0.0471. The van der Waals surface area contributed by atoms with Crippen LogP contribution in [0.25, 0.3) is 0 Å². The van der Waals surface area contributed by atoms with Crippen LogP contribution in [0.2, 0.25) is 5.02 Å². The Bertz CT molecular complexity index is 1070. The van der Waals surface area contributed by atoms with Gasteiger partial charge >= 0.3 is 0 Å². The fourth-order valence-electron chi connectivity index (χ4n) is 2.48. The number of hydrogen-bond acceptors (Lipinski definition) is 4. The number of halogens is 2. The largest absolute Gasteiger partial charge is 0.495 e. The lowest BCUT2D eigenvalue weighted by atomic mass is 10.2. The van der Waals surface area contributed by atoms with Crippen LogP contribution in [0.5, 0.6) is 5.75 Å². The first kappa shape index (κ1) is 20.5. The van der Waals surface area contributed by atoms with Crippen LogP contribution in [-0.2, 0) is 15.8 Å². The van der Waals surface area contributed by atoms with Crippen molar-refractivity contribution in [2.24, 2.45) is 0 Å². The summed E-state index contributed by atoms with van der Waals surface area (Å²) < 4.78 is 46.8. The minimum absolute atomic E-state index is 0.0696. The van der Waals surface area contributed by atoms with Crippen LogP contribution in [0.1, 0.15) is 5.56 Å². The molecule has 0 aliphatic heterocycles. The molecule has 0 spiro atoms. The predicted octanol–water partition coefficient (Wildman–Crippen LogP) is 5.58. The number of para-hydroxylation sites is 1. The van der Waals surface area contributed by atoms with Gasteiger partial charge < -0.3 is 4.74 Å². The van der Waals surface area contributed by atoms with Crippen LogP contribution in [0.4, 0.5) is 10.1 Å². The van der Waals surface area contributed by atoms with Gasteiger partial charge in [-0.1, -0.05) is 35.9 Å². The average Bonchev–Trinajstić information content (AvgIpc) is 2.68. The Morgan fingerprint density at radius 1 is 1.07 bits per heavy atom. The molecular weight excluding hydrogens is 421 g/mol. The van der Waals surface area contributed by atoms with Gasteiger partial charge in [0.1, 0.15) is 16.5 Å². The van der Waals surface area contributed by atoms with Gasteiger partial charge in [0, 0.05) is 15.7 Å². The number of methoxy groups -OCH3 is 1. The van der Waals surface area contributed by atoms with E-state index in [4.69, 9.17) is 16.3 Å². The summed E-state index contributed by atoms with van der Waals surface area (Å²) in [6.07, 6.45) is 0. The Labute approximate surface area is 172 Å². The maximum atomic E-state index is 13.6. The van der Waals surface area contributed by atoms with Crippen LogP contribution >= 0.6 is 23.4 Å². The lowest BCUT2D eigenvalue weighted by Gasteiger charge is -2.14. The van der Waals surface area contributed by atoms with Crippen molar-refractivity contribution in [2.45, 2.75) is 15.5 Å². The number of nitrogens with one attached hydrogen (secondary N) is 1. The fraction of sp³-hybridized carbons (Fsp3) is 0.100. The fourth-order valence-corrected chi connectivity index (χ4v) is 4.89. The van der Waals surface area contributed by atoms with Gasteiger partial charge in [0.15, 0.2) is 0 Å². The van der Waals surface area contributed by atoms with Gasteiger partial charge in [-0.25, -0.2) is 12.8 Å². The van der Waals surface area contributed by atoms with Crippen molar-refractivity contribution < 1.29 is 17.5 Å². The number of ether oxygens (including phenoxy) is 1. The van der Waals surface area contributed by atoms with Gasteiger partial charge in [0.05, 0.1) is 12.8 Å². The molecule has 0 radical (unpaired) electrons. The smallest absolute Gasteiger partial charge is 0.265 e. The van der Waals surface area contributed by atoms with Crippen LogP contribution < -0.4 is 9.46 Å². The van der Waals surface area contributed by atoms with Gasteiger partial charge in [0.25, 0.3) is 10.0 Å². The zero-order chi connectivity index (χ0) is 20.1. The molecule has 0 saturated carbocycles. The van der Waals surface area contributed by atoms with Gasteiger partial charge in [0.2, 0.25) is 0 Å². The van der Waals surface area contributed by atoms with Crippen molar-refractivity contribution in [3.63, 3.8) is 0 Å². The van der Waals surface area contributed by atoms with E-state index in [1.54, 1.807) is 12.1 Å². The Hall–Kier alpha value is -2.22. The third-order valence-electron chi connectivity index (χ3n) is 3.85. The molecule has 0 aromatic heterocycles. The summed E-state index contributed by atoms with van der Waals surface area (Å²) >= 11 is 7.38. The number of rotatable bonds is 7. The predicted molar refractivity (Wildman–Crippen MR) is 111 cm³/mol. The average molecular weight is 438 g/mol. The topological polar surface area (TPSA) is 55.4 Å².